The van der Waals surface area contributed by atoms with Crippen LogP contribution < -0.4 is 9.64 Å². The van der Waals surface area contributed by atoms with Crippen molar-refractivity contribution in [1.82, 2.24) is 0 Å². The Morgan fingerprint density at radius 1 is 1.29 bits per heavy atom. The zero-order valence-corrected chi connectivity index (χ0v) is 12.2. The van der Waals surface area contributed by atoms with Crippen LogP contribution in [-0.2, 0) is 4.74 Å². The second-order valence-electron chi connectivity index (χ2n) is 5.12. The summed E-state index contributed by atoms with van der Waals surface area (Å²) in [5.41, 5.74) is 1.82. The summed E-state index contributed by atoms with van der Waals surface area (Å²) in [7, 11) is 0. The molecule has 3 rings (SSSR count). The van der Waals surface area contributed by atoms with E-state index in [4.69, 9.17) is 16.3 Å². The molecule has 1 saturated heterocycles. The van der Waals surface area contributed by atoms with Gasteiger partial charge in [-0.05, 0) is 24.5 Å². The van der Waals surface area contributed by atoms with E-state index in [9.17, 15) is 8.78 Å². The molecule has 21 heavy (non-hydrogen) atoms. The Balaban J connectivity index is 1.93. The van der Waals surface area contributed by atoms with E-state index in [-0.39, 0.29) is 10.8 Å². The molecule has 0 saturated carbocycles. The molecule has 2 heterocycles. The molecule has 0 N–H and O–H groups in total. The van der Waals surface area contributed by atoms with Crippen molar-refractivity contribution in [2.75, 3.05) is 24.7 Å². The molecule has 0 spiro atoms. The topological polar surface area (TPSA) is 21.7 Å². The third kappa shape index (κ3) is 3.14. The SMILES string of the molecule is FC(F)Oc1cc2c(cc1Cl)C=CCN2C1CCOCC1. The molecular formula is C15H16ClF2NO2. The Labute approximate surface area is 127 Å². The molecule has 1 aromatic carbocycles. The average Bonchev–Trinajstić information content (AvgIpc) is 2.48. The highest BCUT2D eigenvalue weighted by atomic mass is 35.5. The first-order valence-corrected chi connectivity index (χ1v) is 7.32. The molecule has 0 radical (unpaired) electrons. The number of alkyl halides is 2. The van der Waals surface area contributed by atoms with E-state index in [1.807, 2.05) is 6.08 Å². The number of fused-ring (bicyclic) bond motifs is 1. The summed E-state index contributed by atoms with van der Waals surface area (Å²) in [6, 6.07) is 3.64. The first kappa shape index (κ1) is 14.6. The van der Waals surface area contributed by atoms with Crippen LogP contribution in [-0.4, -0.2) is 32.4 Å². The van der Waals surface area contributed by atoms with Crippen LogP contribution in [0.2, 0.25) is 5.02 Å². The maximum Gasteiger partial charge on any atom is 0.387 e. The number of hydrogen-bond donors (Lipinski definition) is 0. The molecule has 2 aliphatic rings. The maximum atomic E-state index is 12.5. The van der Waals surface area contributed by atoms with Crippen molar-refractivity contribution in [3.8, 4) is 5.75 Å². The van der Waals surface area contributed by atoms with Gasteiger partial charge >= 0.3 is 6.61 Å². The summed E-state index contributed by atoms with van der Waals surface area (Å²) in [6.45, 7) is -0.660. The fourth-order valence-corrected chi connectivity index (χ4v) is 3.08. The van der Waals surface area contributed by atoms with Crippen LogP contribution in [0.25, 0.3) is 6.08 Å². The molecule has 114 valence electrons. The quantitative estimate of drug-likeness (QED) is 0.843. The zero-order valence-electron chi connectivity index (χ0n) is 11.4. The van der Waals surface area contributed by atoms with Gasteiger partial charge in [-0.2, -0.15) is 8.78 Å². The van der Waals surface area contributed by atoms with Crippen LogP contribution >= 0.6 is 11.6 Å². The summed E-state index contributed by atoms with van der Waals surface area (Å²) in [4.78, 5) is 2.21. The van der Waals surface area contributed by atoms with Crippen molar-refractivity contribution < 1.29 is 18.3 Å². The smallest absolute Gasteiger partial charge is 0.387 e. The molecule has 0 unspecified atom stereocenters. The second kappa shape index (κ2) is 6.20. The standard InChI is InChI=1S/C15H16ClF2NO2/c16-12-8-10-2-1-5-19(11-3-6-20-7-4-11)13(10)9-14(12)21-15(17)18/h1-2,8-9,11,15H,3-7H2. The molecule has 0 aliphatic carbocycles. The van der Waals surface area contributed by atoms with E-state index in [1.165, 1.54) is 0 Å². The Bertz CT molecular complexity index is 545. The van der Waals surface area contributed by atoms with E-state index in [0.717, 1.165) is 43.9 Å². The highest BCUT2D eigenvalue weighted by molar-refractivity contribution is 6.32. The second-order valence-corrected chi connectivity index (χ2v) is 5.53. The van der Waals surface area contributed by atoms with Crippen LogP contribution in [0, 0.1) is 0 Å². The molecule has 6 heteroatoms. The highest BCUT2D eigenvalue weighted by Gasteiger charge is 2.25. The van der Waals surface area contributed by atoms with E-state index < -0.39 is 6.61 Å². The minimum atomic E-state index is -2.88. The number of nitrogens with zero attached hydrogens (tertiary/aromatic N) is 1. The number of anilines is 1. The lowest BCUT2D eigenvalue weighted by Gasteiger charge is -2.38. The average molecular weight is 316 g/mol. The van der Waals surface area contributed by atoms with Gasteiger partial charge in [0.1, 0.15) is 5.75 Å². The molecule has 1 aromatic rings. The fourth-order valence-electron chi connectivity index (χ4n) is 2.86. The van der Waals surface area contributed by atoms with E-state index in [2.05, 4.69) is 15.7 Å². The lowest BCUT2D eigenvalue weighted by molar-refractivity contribution is -0.0497. The van der Waals surface area contributed by atoms with Crippen molar-refractivity contribution >= 4 is 23.4 Å². The minimum absolute atomic E-state index is 0.0257. The Morgan fingerprint density at radius 3 is 2.76 bits per heavy atom. The first-order chi connectivity index (χ1) is 10.1. The normalized spacial score (nSPS) is 19.0. The maximum absolute atomic E-state index is 12.5. The lowest BCUT2D eigenvalue weighted by atomic mass is 10.0. The van der Waals surface area contributed by atoms with Crippen molar-refractivity contribution in [3.63, 3.8) is 0 Å². The molecule has 3 nitrogen and oxygen atoms in total. The molecule has 0 atom stereocenters. The molecule has 0 bridgehead atoms. The van der Waals surface area contributed by atoms with Gasteiger partial charge in [-0.3, -0.25) is 0 Å². The predicted octanol–water partition coefficient (Wildman–Crippen LogP) is 3.95. The Hall–Kier alpha value is -1.33. The number of halogens is 3. The van der Waals surface area contributed by atoms with Crippen molar-refractivity contribution in [3.05, 3.63) is 28.8 Å². The summed E-state index contributed by atoms with van der Waals surface area (Å²) < 4.78 is 34.8. The van der Waals surface area contributed by atoms with Gasteiger partial charge in [-0.25, -0.2) is 0 Å². The number of benzene rings is 1. The Morgan fingerprint density at radius 2 is 2.05 bits per heavy atom. The minimum Gasteiger partial charge on any atom is -0.433 e. The molecule has 0 amide bonds. The van der Waals surface area contributed by atoms with Crippen LogP contribution in [0.3, 0.4) is 0 Å². The largest absolute Gasteiger partial charge is 0.433 e. The lowest BCUT2D eigenvalue weighted by Crippen LogP contribution is -2.40. The highest BCUT2D eigenvalue weighted by Crippen LogP contribution is 2.38. The molecule has 2 aliphatic heterocycles. The predicted molar refractivity (Wildman–Crippen MR) is 78.3 cm³/mol. The van der Waals surface area contributed by atoms with E-state index in [1.54, 1.807) is 12.1 Å². The zero-order chi connectivity index (χ0) is 14.8. The third-order valence-corrected chi connectivity index (χ3v) is 4.13. The summed E-state index contributed by atoms with van der Waals surface area (Å²) in [5.74, 6) is 0.0257. The molecular weight excluding hydrogens is 300 g/mol. The van der Waals surface area contributed by atoms with Gasteiger partial charge in [-0.1, -0.05) is 23.8 Å². The van der Waals surface area contributed by atoms with Gasteiger partial charge in [-0.15, -0.1) is 0 Å². The van der Waals surface area contributed by atoms with Crippen LogP contribution in [0.15, 0.2) is 18.2 Å². The van der Waals surface area contributed by atoms with Gasteiger partial charge in [0.25, 0.3) is 0 Å². The van der Waals surface area contributed by atoms with Crippen LogP contribution in [0.1, 0.15) is 18.4 Å². The first-order valence-electron chi connectivity index (χ1n) is 6.94. The van der Waals surface area contributed by atoms with Crippen molar-refractivity contribution in [1.29, 1.82) is 0 Å². The number of hydrogen-bond acceptors (Lipinski definition) is 3. The number of rotatable bonds is 3. The summed E-state index contributed by atoms with van der Waals surface area (Å²) >= 11 is 6.01. The monoisotopic (exact) mass is 315 g/mol. The number of ether oxygens (including phenoxy) is 2. The van der Waals surface area contributed by atoms with Crippen molar-refractivity contribution in [2.24, 2.45) is 0 Å². The van der Waals surface area contributed by atoms with Gasteiger partial charge in [0, 0.05) is 37.6 Å². The van der Waals surface area contributed by atoms with E-state index >= 15 is 0 Å². The van der Waals surface area contributed by atoms with E-state index in [0.29, 0.717) is 6.04 Å². The fraction of sp³-hybridized carbons (Fsp3) is 0.467. The van der Waals surface area contributed by atoms with Crippen LogP contribution in [0.5, 0.6) is 5.75 Å². The molecule has 0 aromatic heterocycles. The third-order valence-electron chi connectivity index (χ3n) is 3.84. The van der Waals surface area contributed by atoms with Gasteiger partial charge in [0.05, 0.1) is 5.02 Å². The van der Waals surface area contributed by atoms with Gasteiger partial charge in [0.2, 0.25) is 0 Å². The summed E-state index contributed by atoms with van der Waals surface area (Å²) in [5, 5.41) is 0.201. The van der Waals surface area contributed by atoms with Crippen LogP contribution in [0.4, 0.5) is 14.5 Å². The summed E-state index contributed by atoms with van der Waals surface area (Å²) in [6.07, 6.45) is 5.88. The van der Waals surface area contributed by atoms with Crippen molar-refractivity contribution in [2.45, 2.75) is 25.5 Å². The molecule has 1 fully saturated rings. The van der Waals surface area contributed by atoms with Gasteiger partial charge in [0.15, 0.2) is 0 Å². The Kier molecular flexibility index (Phi) is 4.31. The van der Waals surface area contributed by atoms with Gasteiger partial charge < -0.3 is 14.4 Å².